The number of nitrogen functional groups attached to an aromatic ring is 1. The van der Waals surface area contributed by atoms with Crippen molar-refractivity contribution in [2.45, 2.75) is 13.0 Å². The second-order valence-corrected chi connectivity index (χ2v) is 6.39. The molecule has 0 aliphatic rings. The average molecular weight is 410 g/mol. The summed E-state index contributed by atoms with van der Waals surface area (Å²) in [4.78, 5) is 12.4. The summed E-state index contributed by atoms with van der Waals surface area (Å²) in [6.07, 6.45) is 0. The lowest BCUT2D eigenvalue weighted by atomic mass is 10.1. The Morgan fingerprint density at radius 3 is 2.07 bits per heavy atom. The van der Waals surface area contributed by atoms with Gasteiger partial charge in [-0.25, -0.2) is 4.79 Å². The van der Waals surface area contributed by atoms with Gasteiger partial charge in [0.05, 0.1) is 11.4 Å². The largest absolute Gasteiger partial charge is 0.384 e. The summed E-state index contributed by atoms with van der Waals surface area (Å²) in [5.41, 5.74) is 9.34. The van der Waals surface area contributed by atoms with E-state index in [1.165, 1.54) is 0 Å². The molecule has 6 nitrogen and oxygen atoms in total. The van der Waals surface area contributed by atoms with Crippen molar-refractivity contribution in [2.75, 3.05) is 16.0 Å². The molecule has 1 atom stereocenters. The summed E-state index contributed by atoms with van der Waals surface area (Å²) in [5, 5.41) is 16.5. The summed E-state index contributed by atoms with van der Waals surface area (Å²) in [7, 11) is 0. The number of anilines is 3. The molecule has 0 aliphatic carbocycles. The predicted molar refractivity (Wildman–Crippen MR) is 122 cm³/mol. The predicted octanol–water partition coefficient (Wildman–Crippen LogP) is 5.21. The van der Waals surface area contributed by atoms with E-state index in [-0.39, 0.29) is 30.3 Å². The van der Waals surface area contributed by atoms with E-state index in [2.05, 4.69) is 35.0 Å². The first-order chi connectivity index (χ1) is 13.5. The molecule has 3 aromatic carbocycles. The number of urea groups is 1. The fourth-order valence-corrected chi connectivity index (χ4v) is 2.79. The summed E-state index contributed by atoms with van der Waals surface area (Å²) < 4.78 is 0. The molecule has 0 saturated carbocycles. The van der Waals surface area contributed by atoms with Gasteiger partial charge in [-0.3, -0.25) is 5.41 Å². The van der Waals surface area contributed by atoms with E-state index in [1.807, 2.05) is 42.5 Å². The van der Waals surface area contributed by atoms with Gasteiger partial charge in [-0.15, -0.1) is 12.4 Å². The lowest BCUT2D eigenvalue weighted by Gasteiger charge is -2.19. The Bertz CT molecular complexity index is 960. The number of hydrogen-bond acceptors (Lipinski definition) is 3. The van der Waals surface area contributed by atoms with Gasteiger partial charge in [-0.2, -0.15) is 0 Å². The fourth-order valence-electron chi connectivity index (χ4n) is 2.79. The van der Waals surface area contributed by atoms with Gasteiger partial charge in [0.1, 0.15) is 5.84 Å². The Labute approximate surface area is 176 Å². The van der Waals surface area contributed by atoms with Crippen LogP contribution in [0.15, 0.2) is 78.9 Å². The van der Waals surface area contributed by atoms with Crippen LogP contribution in [0.1, 0.15) is 24.1 Å². The Kier molecular flexibility index (Phi) is 7.62. The minimum absolute atomic E-state index is 0. The van der Waals surface area contributed by atoms with E-state index in [9.17, 15) is 4.79 Å². The number of amides is 2. The minimum atomic E-state index is -0.350. The summed E-state index contributed by atoms with van der Waals surface area (Å²) in [6, 6.07) is 24.2. The molecule has 0 aliphatic heterocycles. The van der Waals surface area contributed by atoms with Crippen molar-refractivity contribution in [3.63, 3.8) is 0 Å². The summed E-state index contributed by atoms with van der Waals surface area (Å²) >= 11 is 0. The van der Waals surface area contributed by atoms with Gasteiger partial charge >= 0.3 is 6.03 Å². The van der Waals surface area contributed by atoms with Crippen molar-refractivity contribution < 1.29 is 4.79 Å². The van der Waals surface area contributed by atoms with E-state index in [0.717, 1.165) is 11.3 Å². The number of carbonyl (C=O) groups excluding carboxylic acids is 1. The van der Waals surface area contributed by atoms with Crippen LogP contribution >= 0.6 is 12.4 Å². The van der Waals surface area contributed by atoms with Crippen molar-refractivity contribution in [1.29, 1.82) is 5.41 Å². The molecular formula is C22H24ClN5O. The first-order valence-corrected chi connectivity index (χ1v) is 8.96. The quantitative estimate of drug-likeness (QED) is 0.285. The molecule has 0 bridgehead atoms. The highest BCUT2D eigenvalue weighted by Crippen LogP contribution is 2.26. The number of halogens is 1. The molecule has 0 radical (unpaired) electrons. The smallest absolute Gasteiger partial charge is 0.323 e. The molecule has 3 aromatic rings. The zero-order valence-corrected chi connectivity index (χ0v) is 16.8. The second-order valence-electron chi connectivity index (χ2n) is 6.39. The van der Waals surface area contributed by atoms with Crippen LogP contribution in [0, 0.1) is 5.41 Å². The maximum atomic E-state index is 12.4. The monoisotopic (exact) mass is 409 g/mol. The molecule has 6 N–H and O–H groups in total. The Hall–Kier alpha value is -3.51. The van der Waals surface area contributed by atoms with E-state index >= 15 is 0 Å². The standard InChI is InChI=1S/C22H23N5O.ClH/c1-15(16-7-3-2-4-8-16)25-19-9-5-6-10-20(19)27-22(28)26-18-13-11-17(12-14-18)21(23)24;/h2-15,25H,1H3,(H3,23,24)(H2,26,27,28);1H/t15-;/m1./s1. The van der Waals surface area contributed by atoms with Gasteiger partial charge in [0.2, 0.25) is 0 Å². The average Bonchev–Trinajstić information content (AvgIpc) is 2.70. The minimum Gasteiger partial charge on any atom is -0.384 e. The normalized spacial score (nSPS) is 10.9. The lowest BCUT2D eigenvalue weighted by Crippen LogP contribution is -2.20. The lowest BCUT2D eigenvalue weighted by molar-refractivity contribution is 0.262. The van der Waals surface area contributed by atoms with Crippen LogP contribution in [-0.2, 0) is 0 Å². The van der Waals surface area contributed by atoms with E-state index in [4.69, 9.17) is 11.1 Å². The molecule has 0 saturated heterocycles. The van der Waals surface area contributed by atoms with E-state index in [1.54, 1.807) is 24.3 Å². The van der Waals surface area contributed by atoms with Gasteiger partial charge < -0.3 is 21.7 Å². The first kappa shape index (κ1) is 21.8. The van der Waals surface area contributed by atoms with Gasteiger partial charge in [0, 0.05) is 17.3 Å². The highest BCUT2D eigenvalue weighted by molar-refractivity contribution is 6.02. The summed E-state index contributed by atoms with van der Waals surface area (Å²) in [5.74, 6) is -0.0106. The topological polar surface area (TPSA) is 103 Å². The molecule has 150 valence electrons. The van der Waals surface area contributed by atoms with E-state index < -0.39 is 0 Å². The third-order valence-corrected chi connectivity index (χ3v) is 4.30. The number of hydrogen-bond donors (Lipinski definition) is 5. The van der Waals surface area contributed by atoms with Crippen LogP contribution in [0.3, 0.4) is 0 Å². The number of amidine groups is 1. The molecule has 0 fully saturated rings. The van der Waals surface area contributed by atoms with Crippen molar-refractivity contribution in [3.8, 4) is 0 Å². The molecular weight excluding hydrogens is 386 g/mol. The Balaban J connectivity index is 0.00000300. The molecule has 29 heavy (non-hydrogen) atoms. The van der Waals surface area contributed by atoms with Crippen molar-refractivity contribution in [1.82, 2.24) is 0 Å². The number of nitrogens with one attached hydrogen (secondary N) is 4. The number of benzene rings is 3. The van der Waals surface area contributed by atoms with Crippen molar-refractivity contribution in [2.24, 2.45) is 5.73 Å². The Morgan fingerprint density at radius 1 is 0.862 bits per heavy atom. The third kappa shape index (κ3) is 5.99. The highest BCUT2D eigenvalue weighted by atomic mass is 35.5. The molecule has 0 aromatic heterocycles. The number of para-hydroxylation sites is 2. The maximum absolute atomic E-state index is 12.4. The molecule has 7 heteroatoms. The second kappa shape index (κ2) is 10.1. The van der Waals surface area contributed by atoms with Crippen LogP contribution in [-0.4, -0.2) is 11.9 Å². The zero-order chi connectivity index (χ0) is 19.9. The van der Waals surface area contributed by atoms with Crippen LogP contribution in [0.2, 0.25) is 0 Å². The molecule has 0 heterocycles. The van der Waals surface area contributed by atoms with Gasteiger partial charge in [0.25, 0.3) is 0 Å². The van der Waals surface area contributed by atoms with Crippen LogP contribution in [0.4, 0.5) is 21.9 Å². The summed E-state index contributed by atoms with van der Waals surface area (Å²) in [6.45, 7) is 2.07. The van der Waals surface area contributed by atoms with Crippen LogP contribution in [0.25, 0.3) is 0 Å². The highest BCUT2D eigenvalue weighted by Gasteiger charge is 2.10. The molecule has 0 spiro atoms. The fraction of sp³-hybridized carbons (Fsp3) is 0.0909. The van der Waals surface area contributed by atoms with Gasteiger partial charge in [-0.05, 0) is 48.9 Å². The van der Waals surface area contributed by atoms with Crippen LogP contribution in [0.5, 0.6) is 0 Å². The SMILES string of the molecule is C[C@@H](Nc1ccccc1NC(=O)Nc1ccc(C(=N)N)cc1)c1ccccc1.Cl. The van der Waals surface area contributed by atoms with E-state index in [0.29, 0.717) is 16.9 Å². The Morgan fingerprint density at radius 2 is 1.45 bits per heavy atom. The first-order valence-electron chi connectivity index (χ1n) is 8.96. The van der Waals surface area contributed by atoms with Gasteiger partial charge in [0.15, 0.2) is 0 Å². The number of carbonyl (C=O) groups is 1. The van der Waals surface area contributed by atoms with Gasteiger partial charge in [-0.1, -0.05) is 42.5 Å². The number of nitrogens with two attached hydrogens (primary N) is 1. The zero-order valence-electron chi connectivity index (χ0n) is 16.0. The van der Waals surface area contributed by atoms with Crippen molar-refractivity contribution in [3.05, 3.63) is 90.0 Å². The molecule has 0 unspecified atom stereocenters. The molecule has 3 rings (SSSR count). The third-order valence-electron chi connectivity index (χ3n) is 4.30. The van der Waals surface area contributed by atoms with Crippen LogP contribution < -0.4 is 21.7 Å². The number of rotatable bonds is 6. The van der Waals surface area contributed by atoms with Crippen molar-refractivity contribution >= 4 is 41.3 Å². The maximum Gasteiger partial charge on any atom is 0.323 e. The molecule has 2 amide bonds.